The first-order valence-corrected chi connectivity index (χ1v) is 7.47. The molecule has 0 bridgehead atoms. The highest BCUT2D eigenvalue weighted by Gasteiger charge is 2.35. The van der Waals surface area contributed by atoms with Crippen LogP contribution in [0.5, 0.6) is 5.75 Å². The van der Waals surface area contributed by atoms with E-state index >= 15 is 0 Å². The fourth-order valence-corrected chi connectivity index (χ4v) is 2.03. The standard InChI is InChI=1S/C7H6Br3NO3S/c8-7(9,10)15(13,14)11-5-1-3-6(12)4-2-5/h1-4,11-12H. The monoisotopic (exact) mass is 421 g/mol. The molecule has 0 spiro atoms. The number of rotatable bonds is 2. The SMILES string of the molecule is O=S(=O)(Nc1ccc(O)cc1)C(Br)(Br)Br. The molecule has 8 heteroatoms. The Kier molecular flexibility index (Phi) is 4.07. The molecule has 1 aromatic carbocycles. The van der Waals surface area contributed by atoms with Crippen molar-refractivity contribution in [2.45, 2.75) is 1.47 Å². The number of halogens is 3. The van der Waals surface area contributed by atoms with Gasteiger partial charge in [-0.2, -0.15) is 0 Å². The second kappa shape index (κ2) is 4.60. The maximum atomic E-state index is 11.6. The molecule has 0 heterocycles. The summed E-state index contributed by atoms with van der Waals surface area (Å²) in [6.07, 6.45) is 0. The van der Waals surface area contributed by atoms with E-state index in [1.165, 1.54) is 24.3 Å². The fraction of sp³-hybridized carbons (Fsp3) is 0.143. The molecule has 0 atom stereocenters. The van der Waals surface area contributed by atoms with Gasteiger partial charge in [-0.25, -0.2) is 8.42 Å². The lowest BCUT2D eigenvalue weighted by molar-refractivity contribution is 0.475. The van der Waals surface area contributed by atoms with E-state index in [0.717, 1.165) is 0 Å². The molecule has 84 valence electrons. The van der Waals surface area contributed by atoms with Crippen molar-refractivity contribution in [3.63, 3.8) is 0 Å². The van der Waals surface area contributed by atoms with Crippen molar-refractivity contribution < 1.29 is 13.5 Å². The molecule has 0 aromatic heterocycles. The van der Waals surface area contributed by atoms with Gasteiger partial charge in [-0.15, -0.1) is 0 Å². The van der Waals surface area contributed by atoms with E-state index in [2.05, 4.69) is 52.5 Å². The molecule has 0 radical (unpaired) electrons. The molecule has 0 unspecified atom stereocenters. The van der Waals surface area contributed by atoms with Gasteiger partial charge in [-0.1, -0.05) is 0 Å². The van der Waals surface area contributed by atoms with E-state index in [1.807, 2.05) is 0 Å². The summed E-state index contributed by atoms with van der Waals surface area (Å²) in [5, 5.41) is 9.01. The van der Waals surface area contributed by atoms with Crippen molar-refractivity contribution in [3.8, 4) is 5.75 Å². The summed E-state index contributed by atoms with van der Waals surface area (Å²) < 4.78 is 24.1. The minimum Gasteiger partial charge on any atom is -0.508 e. The zero-order valence-electron chi connectivity index (χ0n) is 7.12. The normalized spacial score (nSPS) is 12.5. The Balaban J connectivity index is 2.93. The zero-order valence-corrected chi connectivity index (χ0v) is 12.7. The van der Waals surface area contributed by atoms with Gasteiger partial charge >= 0.3 is 0 Å². The van der Waals surface area contributed by atoms with Crippen molar-refractivity contribution in [1.82, 2.24) is 0 Å². The number of hydrogen-bond donors (Lipinski definition) is 2. The number of benzene rings is 1. The summed E-state index contributed by atoms with van der Waals surface area (Å²) in [5.41, 5.74) is 0.357. The van der Waals surface area contributed by atoms with Crippen molar-refractivity contribution >= 4 is 63.5 Å². The van der Waals surface area contributed by atoms with E-state index in [9.17, 15) is 8.42 Å². The van der Waals surface area contributed by atoms with E-state index in [0.29, 0.717) is 5.69 Å². The summed E-state index contributed by atoms with van der Waals surface area (Å²) in [7, 11) is -3.65. The number of anilines is 1. The van der Waals surface area contributed by atoms with Crippen molar-refractivity contribution in [3.05, 3.63) is 24.3 Å². The molecule has 15 heavy (non-hydrogen) atoms. The molecule has 1 aromatic rings. The molecule has 0 amide bonds. The minimum atomic E-state index is -3.65. The summed E-state index contributed by atoms with van der Waals surface area (Å²) >= 11 is 8.72. The molecule has 4 nitrogen and oxygen atoms in total. The molecule has 2 N–H and O–H groups in total. The summed E-state index contributed by atoms with van der Waals surface area (Å²) in [6.45, 7) is 0. The molecule has 0 saturated heterocycles. The van der Waals surface area contributed by atoms with Crippen molar-refractivity contribution in [1.29, 1.82) is 0 Å². The van der Waals surface area contributed by atoms with Gasteiger partial charge in [0, 0.05) is 5.69 Å². The number of aromatic hydroxyl groups is 1. The third-order valence-electron chi connectivity index (χ3n) is 1.42. The maximum absolute atomic E-state index is 11.6. The Morgan fingerprint density at radius 3 is 2.00 bits per heavy atom. The fourth-order valence-electron chi connectivity index (χ4n) is 0.742. The molecule has 0 saturated carbocycles. The van der Waals surface area contributed by atoms with E-state index in [-0.39, 0.29) is 5.75 Å². The number of phenols is 1. The van der Waals surface area contributed by atoms with Crippen LogP contribution in [-0.2, 0) is 10.0 Å². The lowest BCUT2D eigenvalue weighted by atomic mass is 10.3. The van der Waals surface area contributed by atoms with Gasteiger partial charge in [-0.3, -0.25) is 4.72 Å². The number of phenolic OH excluding ortho intramolecular Hbond substituents is 1. The van der Waals surface area contributed by atoms with Crippen LogP contribution in [0.25, 0.3) is 0 Å². The zero-order chi connectivity index (χ0) is 11.7. The van der Waals surface area contributed by atoms with Crippen LogP contribution in [-0.4, -0.2) is 15.0 Å². The Bertz CT molecular complexity index is 438. The quantitative estimate of drug-likeness (QED) is 0.567. The van der Waals surface area contributed by atoms with E-state index < -0.39 is 11.5 Å². The highest BCUT2D eigenvalue weighted by molar-refractivity contribution is 9.42. The highest BCUT2D eigenvalue weighted by atomic mass is 80.0. The lowest BCUT2D eigenvalue weighted by Gasteiger charge is -2.15. The van der Waals surface area contributed by atoms with Gasteiger partial charge in [0.15, 0.2) is 0 Å². The van der Waals surface area contributed by atoms with E-state index in [1.54, 1.807) is 0 Å². The number of nitrogens with one attached hydrogen (secondary N) is 1. The van der Waals surface area contributed by atoms with Gasteiger partial charge in [0.2, 0.25) is 0 Å². The van der Waals surface area contributed by atoms with Gasteiger partial charge in [0.05, 0.1) is 0 Å². The molecular weight excluding hydrogens is 418 g/mol. The second-order valence-corrected chi connectivity index (χ2v) is 12.8. The van der Waals surface area contributed by atoms with Gasteiger partial charge in [0.25, 0.3) is 11.5 Å². The lowest BCUT2D eigenvalue weighted by Crippen LogP contribution is -2.25. The van der Waals surface area contributed by atoms with Crippen LogP contribution in [0.15, 0.2) is 24.3 Å². The average Bonchev–Trinajstić information content (AvgIpc) is 2.06. The topological polar surface area (TPSA) is 66.4 Å². The van der Waals surface area contributed by atoms with Crippen molar-refractivity contribution in [2.24, 2.45) is 0 Å². The predicted octanol–water partition coefficient (Wildman–Crippen LogP) is 2.93. The smallest absolute Gasteiger partial charge is 0.269 e. The molecule has 0 aliphatic heterocycles. The summed E-state index contributed by atoms with van der Waals surface area (Å²) in [6, 6.07) is 5.67. The Hall–Kier alpha value is 0.210. The highest BCUT2D eigenvalue weighted by Crippen LogP contribution is 2.40. The number of alkyl halides is 3. The van der Waals surface area contributed by atoms with Crippen LogP contribution >= 0.6 is 47.8 Å². The molecule has 0 aliphatic rings. The van der Waals surface area contributed by atoms with Crippen molar-refractivity contribution in [2.75, 3.05) is 4.72 Å². The molecule has 0 aliphatic carbocycles. The van der Waals surface area contributed by atoms with Crippen LogP contribution in [0.1, 0.15) is 0 Å². The first-order chi connectivity index (χ1) is 6.72. The van der Waals surface area contributed by atoms with Crippen LogP contribution < -0.4 is 4.72 Å². The van der Waals surface area contributed by atoms with E-state index in [4.69, 9.17) is 5.11 Å². The third kappa shape index (κ3) is 3.61. The van der Waals surface area contributed by atoms with Crippen LogP contribution in [0.3, 0.4) is 0 Å². The van der Waals surface area contributed by atoms with Crippen LogP contribution in [0, 0.1) is 0 Å². The van der Waals surface area contributed by atoms with Crippen LogP contribution in [0.2, 0.25) is 0 Å². The largest absolute Gasteiger partial charge is 0.508 e. The number of hydrogen-bond acceptors (Lipinski definition) is 3. The third-order valence-corrected chi connectivity index (χ3v) is 6.37. The maximum Gasteiger partial charge on any atom is 0.269 e. The Morgan fingerprint density at radius 2 is 1.60 bits per heavy atom. The second-order valence-electron chi connectivity index (χ2n) is 2.60. The molecule has 0 fully saturated rings. The molecule has 1 rings (SSSR count). The minimum absolute atomic E-state index is 0.0701. The number of sulfonamides is 1. The van der Waals surface area contributed by atoms with Gasteiger partial charge < -0.3 is 5.11 Å². The first kappa shape index (κ1) is 13.3. The Labute approximate surface area is 113 Å². The van der Waals surface area contributed by atoms with Gasteiger partial charge in [-0.05, 0) is 72.1 Å². The Morgan fingerprint density at radius 1 is 1.13 bits per heavy atom. The molecular formula is C7H6Br3NO3S. The van der Waals surface area contributed by atoms with Gasteiger partial charge in [0.1, 0.15) is 5.75 Å². The summed E-state index contributed by atoms with van der Waals surface area (Å²) in [5.74, 6) is 0.0701. The van der Waals surface area contributed by atoms with Crippen LogP contribution in [0.4, 0.5) is 5.69 Å². The predicted molar refractivity (Wildman–Crippen MR) is 70.2 cm³/mol. The average molecular weight is 424 g/mol. The summed E-state index contributed by atoms with van der Waals surface area (Å²) in [4.78, 5) is 0. The first-order valence-electron chi connectivity index (χ1n) is 3.60.